The SMILES string of the molecule is NC1C2CCC(C2)C1C(=O)Nc1cccc(OCC(=O)N2CCCC2)c1. The number of nitrogens with two attached hydrogens (primary N) is 1. The van der Waals surface area contributed by atoms with E-state index in [2.05, 4.69) is 5.32 Å². The largest absolute Gasteiger partial charge is 0.484 e. The molecule has 1 aliphatic heterocycles. The topological polar surface area (TPSA) is 84.7 Å². The summed E-state index contributed by atoms with van der Waals surface area (Å²) in [6.07, 6.45) is 5.49. The van der Waals surface area contributed by atoms with Gasteiger partial charge in [0.2, 0.25) is 5.91 Å². The molecule has 6 nitrogen and oxygen atoms in total. The highest BCUT2D eigenvalue weighted by atomic mass is 16.5. The lowest BCUT2D eigenvalue weighted by atomic mass is 9.84. The zero-order chi connectivity index (χ0) is 18.1. The van der Waals surface area contributed by atoms with Crippen LogP contribution in [0.3, 0.4) is 0 Å². The van der Waals surface area contributed by atoms with Crippen molar-refractivity contribution in [3.05, 3.63) is 24.3 Å². The van der Waals surface area contributed by atoms with Gasteiger partial charge in [-0.3, -0.25) is 9.59 Å². The van der Waals surface area contributed by atoms with Crippen LogP contribution < -0.4 is 15.8 Å². The molecule has 1 aromatic rings. The molecule has 3 aliphatic rings. The molecule has 6 heteroatoms. The Morgan fingerprint density at radius 2 is 1.96 bits per heavy atom. The van der Waals surface area contributed by atoms with Gasteiger partial charge in [-0.25, -0.2) is 0 Å². The molecule has 0 aromatic heterocycles. The second-order valence-corrected chi connectivity index (χ2v) is 7.83. The van der Waals surface area contributed by atoms with Gasteiger partial charge in [-0.1, -0.05) is 6.07 Å². The number of nitrogens with zero attached hydrogens (tertiary/aromatic N) is 1. The quantitative estimate of drug-likeness (QED) is 0.844. The highest BCUT2D eigenvalue weighted by molar-refractivity contribution is 5.93. The van der Waals surface area contributed by atoms with Gasteiger partial charge in [0.25, 0.3) is 5.91 Å². The van der Waals surface area contributed by atoms with Crippen LogP contribution in [0.2, 0.25) is 0 Å². The number of likely N-dealkylation sites (tertiary alicyclic amines) is 1. The molecule has 3 N–H and O–H groups in total. The number of ether oxygens (including phenoxy) is 1. The van der Waals surface area contributed by atoms with E-state index in [4.69, 9.17) is 10.5 Å². The molecule has 4 rings (SSSR count). The number of amides is 2. The number of carbonyl (C=O) groups is 2. The summed E-state index contributed by atoms with van der Waals surface area (Å²) in [4.78, 5) is 26.6. The third-order valence-corrected chi connectivity index (χ3v) is 6.21. The lowest BCUT2D eigenvalue weighted by Crippen LogP contribution is -2.42. The molecule has 2 bridgehead atoms. The van der Waals surface area contributed by atoms with Crippen LogP contribution in [0.5, 0.6) is 5.75 Å². The molecule has 2 saturated carbocycles. The summed E-state index contributed by atoms with van der Waals surface area (Å²) in [5, 5.41) is 2.99. The Labute approximate surface area is 154 Å². The Morgan fingerprint density at radius 3 is 2.69 bits per heavy atom. The normalized spacial score (nSPS) is 29.8. The first-order valence-corrected chi connectivity index (χ1v) is 9.69. The van der Waals surface area contributed by atoms with Gasteiger partial charge in [0.1, 0.15) is 5.75 Å². The maximum absolute atomic E-state index is 12.7. The van der Waals surface area contributed by atoms with Crippen LogP contribution in [-0.4, -0.2) is 42.5 Å². The molecule has 3 fully saturated rings. The fourth-order valence-corrected chi connectivity index (χ4v) is 4.82. The van der Waals surface area contributed by atoms with Gasteiger partial charge in [-0.15, -0.1) is 0 Å². The predicted molar refractivity (Wildman–Crippen MR) is 98.7 cm³/mol. The number of anilines is 1. The minimum absolute atomic E-state index is 0.00925. The third kappa shape index (κ3) is 3.43. The first kappa shape index (κ1) is 17.3. The van der Waals surface area contributed by atoms with Crippen molar-refractivity contribution in [2.75, 3.05) is 25.0 Å². The fraction of sp³-hybridized carbons (Fsp3) is 0.600. The summed E-state index contributed by atoms with van der Waals surface area (Å²) in [7, 11) is 0. The zero-order valence-corrected chi connectivity index (χ0v) is 15.0. The second kappa shape index (κ2) is 7.27. The fourth-order valence-electron chi connectivity index (χ4n) is 4.82. The Bertz CT molecular complexity index is 685. The van der Waals surface area contributed by atoms with E-state index in [0.29, 0.717) is 23.3 Å². The van der Waals surface area contributed by atoms with Crippen LogP contribution in [0.15, 0.2) is 24.3 Å². The molecule has 4 atom stereocenters. The highest BCUT2D eigenvalue weighted by Crippen LogP contribution is 2.47. The van der Waals surface area contributed by atoms with Crippen molar-refractivity contribution in [1.82, 2.24) is 4.90 Å². The molecule has 2 aliphatic carbocycles. The summed E-state index contributed by atoms with van der Waals surface area (Å²) >= 11 is 0. The smallest absolute Gasteiger partial charge is 0.260 e. The monoisotopic (exact) mass is 357 g/mol. The standard InChI is InChI=1S/C20H27N3O3/c21-19-14-7-6-13(10-14)18(19)20(25)22-15-4-3-5-16(11-15)26-12-17(24)23-8-1-2-9-23/h3-5,11,13-14,18-19H,1-2,6-10,12,21H2,(H,22,25). The summed E-state index contributed by atoms with van der Waals surface area (Å²) in [6.45, 7) is 1.68. The van der Waals surface area contributed by atoms with Crippen molar-refractivity contribution >= 4 is 17.5 Å². The zero-order valence-electron chi connectivity index (χ0n) is 15.0. The number of hydrogen-bond donors (Lipinski definition) is 2. The Kier molecular flexibility index (Phi) is 4.85. The van der Waals surface area contributed by atoms with E-state index in [1.807, 2.05) is 17.0 Å². The van der Waals surface area contributed by atoms with Gasteiger partial charge in [-0.2, -0.15) is 0 Å². The van der Waals surface area contributed by atoms with Crippen LogP contribution in [0.25, 0.3) is 0 Å². The van der Waals surface area contributed by atoms with Crippen molar-refractivity contribution in [1.29, 1.82) is 0 Å². The first-order chi connectivity index (χ1) is 12.6. The van der Waals surface area contributed by atoms with Crippen LogP contribution >= 0.6 is 0 Å². The van der Waals surface area contributed by atoms with Crippen molar-refractivity contribution in [3.63, 3.8) is 0 Å². The number of rotatable bonds is 5. The van der Waals surface area contributed by atoms with Crippen LogP contribution in [0.1, 0.15) is 32.1 Å². The van der Waals surface area contributed by atoms with E-state index in [0.717, 1.165) is 45.2 Å². The Balaban J connectivity index is 1.34. The van der Waals surface area contributed by atoms with E-state index in [-0.39, 0.29) is 30.4 Å². The third-order valence-electron chi connectivity index (χ3n) is 6.21. The minimum atomic E-state index is -0.0879. The second-order valence-electron chi connectivity index (χ2n) is 7.83. The van der Waals surface area contributed by atoms with Crippen molar-refractivity contribution in [2.24, 2.45) is 23.5 Å². The van der Waals surface area contributed by atoms with E-state index >= 15 is 0 Å². The van der Waals surface area contributed by atoms with Gasteiger partial charge in [-0.05, 0) is 56.1 Å². The minimum Gasteiger partial charge on any atom is -0.484 e. The number of fused-ring (bicyclic) bond motifs is 2. The molecule has 4 unspecified atom stereocenters. The van der Waals surface area contributed by atoms with E-state index in [9.17, 15) is 9.59 Å². The molecular formula is C20H27N3O3. The number of benzene rings is 1. The summed E-state index contributed by atoms with van der Waals surface area (Å²) in [5.41, 5.74) is 6.95. The van der Waals surface area contributed by atoms with E-state index in [1.54, 1.807) is 12.1 Å². The predicted octanol–water partition coefficient (Wildman–Crippen LogP) is 2.00. The maximum Gasteiger partial charge on any atom is 0.260 e. The van der Waals surface area contributed by atoms with Crippen molar-refractivity contribution in [2.45, 2.75) is 38.1 Å². The van der Waals surface area contributed by atoms with Gasteiger partial charge in [0, 0.05) is 30.9 Å². The molecule has 2 amide bonds. The van der Waals surface area contributed by atoms with E-state index < -0.39 is 0 Å². The first-order valence-electron chi connectivity index (χ1n) is 9.69. The molecule has 1 aromatic carbocycles. The Hall–Kier alpha value is -2.08. The average molecular weight is 357 g/mol. The number of carbonyl (C=O) groups excluding carboxylic acids is 2. The Morgan fingerprint density at radius 1 is 1.19 bits per heavy atom. The van der Waals surface area contributed by atoms with Gasteiger partial charge < -0.3 is 20.7 Å². The highest BCUT2D eigenvalue weighted by Gasteiger charge is 2.49. The van der Waals surface area contributed by atoms with Crippen LogP contribution in [0, 0.1) is 17.8 Å². The van der Waals surface area contributed by atoms with Gasteiger partial charge in [0.15, 0.2) is 6.61 Å². The average Bonchev–Trinajstić information content (AvgIpc) is 3.37. The van der Waals surface area contributed by atoms with Gasteiger partial charge >= 0.3 is 0 Å². The summed E-state index contributed by atoms with van der Waals surface area (Å²) in [5.74, 6) is 1.46. The van der Waals surface area contributed by atoms with Crippen LogP contribution in [-0.2, 0) is 9.59 Å². The molecule has 140 valence electrons. The molecule has 0 radical (unpaired) electrons. The molecule has 0 spiro atoms. The number of hydrogen-bond acceptors (Lipinski definition) is 4. The van der Waals surface area contributed by atoms with Crippen molar-refractivity contribution < 1.29 is 14.3 Å². The molecule has 1 saturated heterocycles. The molecule has 26 heavy (non-hydrogen) atoms. The van der Waals surface area contributed by atoms with E-state index in [1.165, 1.54) is 0 Å². The van der Waals surface area contributed by atoms with Crippen LogP contribution in [0.4, 0.5) is 5.69 Å². The lowest BCUT2D eigenvalue weighted by Gasteiger charge is -2.27. The molecular weight excluding hydrogens is 330 g/mol. The number of nitrogens with one attached hydrogen (secondary N) is 1. The van der Waals surface area contributed by atoms with Gasteiger partial charge in [0.05, 0.1) is 5.92 Å². The molecule has 1 heterocycles. The lowest BCUT2D eigenvalue weighted by molar-refractivity contribution is -0.132. The summed E-state index contributed by atoms with van der Waals surface area (Å²) in [6, 6.07) is 7.22. The maximum atomic E-state index is 12.7. The van der Waals surface area contributed by atoms with Crippen molar-refractivity contribution in [3.8, 4) is 5.75 Å². The summed E-state index contributed by atoms with van der Waals surface area (Å²) < 4.78 is 5.63.